The molecule has 0 saturated carbocycles. The van der Waals surface area contributed by atoms with Crippen LogP contribution in [0, 0.1) is 16.7 Å². The number of alkyl halides is 3. The highest BCUT2D eigenvalue weighted by atomic mass is 19.4. The zero-order valence-corrected chi connectivity index (χ0v) is 13.1. The van der Waals surface area contributed by atoms with Crippen molar-refractivity contribution in [3.8, 4) is 6.07 Å². The Hall–Kier alpha value is -2.82. The molecular formula is C16H15F3N4O. The van der Waals surface area contributed by atoms with Gasteiger partial charge in [0, 0.05) is 18.1 Å². The van der Waals surface area contributed by atoms with Gasteiger partial charge in [0.15, 0.2) is 0 Å². The number of halogens is 3. The molecule has 1 aromatic heterocycles. The third-order valence-electron chi connectivity index (χ3n) is 3.43. The number of carbonyl (C=O) groups excluding carboxylic acids is 1. The van der Waals surface area contributed by atoms with Crippen LogP contribution in [0.2, 0.25) is 0 Å². The Morgan fingerprint density at radius 1 is 1.38 bits per heavy atom. The van der Waals surface area contributed by atoms with Gasteiger partial charge < -0.3 is 5.32 Å². The Kier molecular flexibility index (Phi) is 4.64. The van der Waals surface area contributed by atoms with Crippen molar-refractivity contribution in [2.24, 2.45) is 5.41 Å². The summed E-state index contributed by atoms with van der Waals surface area (Å²) in [6.07, 6.45) is -1.40. The normalized spacial score (nSPS) is 11.8. The summed E-state index contributed by atoms with van der Waals surface area (Å²) in [6, 6.07) is 6.29. The van der Waals surface area contributed by atoms with Gasteiger partial charge >= 0.3 is 6.18 Å². The molecule has 8 heteroatoms. The van der Waals surface area contributed by atoms with Crippen LogP contribution in [0.4, 0.5) is 18.9 Å². The average molecular weight is 336 g/mol. The monoisotopic (exact) mass is 336 g/mol. The molecule has 1 N–H and O–H groups in total. The smallest absolute Gasteiger partial charge is 0.326 e. The largest absolute Gasteiger partial charge is 0.417 e. The van der Waals surface area contributed by atoms with E-state index >= 15 is 0 Å². The van der Waals surface area contributed by atoms with Crippen LogP contribution in [0.15, 0.2) is 36.7 Å². The molecule has 0 fully saturated rings. The molecule has 2 aromatic rings. The number of carbonyl (C=O) groups is 1. The Bertz CT molecular complexity index is 774. The summed E-state index contributed by atoms with van der Waals surface area (Å²) >= 11 is 0. The van der Waals surface area contributed by atoms with Gasteiger partial charge in [-0.1, -0.05) is 0 Å². The molecule has 0 aliphatic carbocycles. The predicted molar refractivity (Wildman–Crippen MR) is 80.8 cm³/mol. The predicted octanol–water partition coefficient (Wildman–Crippen LogP) is 3.44. The Morgan fingerprint density at radius 3 is 2.62 bits per heavy atom. The second kappa shape index (κ2) is 6.35. The first-order valence-corrected chi connectivity index (χ1v) is 7.04. The van der Waals surface area contributed by atoms with Gasteiger partial charge in [0.25, 0.3) is 0 Å². The minimum absolute atomic E-state index is 0.0140. The standard InChI is InChI=1S/C16H15F3N4O/c1-15(2,10-23-7-3-6-21-23)14(24)22-12-5-4-11(9-20)13(8-12)16(17,18)19/h3-8H,10H2,1-2H3,(H,22,24). The quantitative estimate of drug-likeness (QED) is 0.930. The highest BCUT2D eigenvalue weighted by Gasteiger charge is 2.34. The van der Waals surface area contributed by atoms with Gasteiger partial charge in [-0.2, -0.15) is 23.5 Å². The van der Waals surface area contributed by atoms with E-state index in [9.17, 15) is 18.0 Å². The summed E-state index contributed by atoms with van der Waals surface area (Å²) in [4.78, 5) is 12.4. The summed E-state index contributed by atoms with van der Waals surface area (Å²) in [5, 5.41) is 15.3. The Balaban J connectivity index is 2.21. The van der Waals surface area contributed by atoms with Crippen LogP contribution < -0.4 is 5.32 Å². The lowest BCUT2D eigenvalue weighted by molar-refractivity contribution is -0.137. The number of hydrogen-bond donors (Lipinski definition) is 1. The van der Waals surface area contributed by atoms with E-state index in [1.165, 1.54) is 12.1 Å². The molecule has 24 heavy (non-hydrogen) atoms. The van der Waals surface area contributed by atoms with E-state index < -0.39 is 28.6 Å². The number of benzene rings is 1. The maximum atomic E-state index is 13.0. The minimum atomic E-state index is -4.67. The lowest BCUT2D eigenvalue weighted by atomic mass is 9.92. The van der Waals surface area contributed by atoms with Crippen LogP contribution in [0.25, 0.3) is 0 Å². The molecule has 126 valence electrons. The third-order valence-corrected chi connectivity index (χ3v) is 3.43. The van der Waals surface area contributed by atoms with Gasteiger partial charge in [0.1, 0.15) is 0 Å². The van der Waals surface area contributed by atoms with E-state index in [0.29, 0.717) is 0 Å². The average Bonchev–Trinajstić information content (AvgIpc) is 2.98. The SMILES string of the molecule is CC(C)(Cn1cccn1)C(=O)Nc1ccc(C#N)c(C(F)(F)F)c1. The molecule has 0 spiro atoms. The Morgan fingerprint density at radius 2 is 2.08 bits per heavy atom. The summed E-state index contributed by atoms with van der Waals surface area (Å²) in [6.45, 7) is 3.60. The molecule has 0 radical (unpaired) electrons. The van der Waals surface area contributed by atoms with Crippen molar-refractivity contribution < 1.29 is 18.0 Å². The molecule has 2 rings (SSSR count). The Labute approximate surface area is 136 Å². The van der Waals surface area contributed by atoms with Gasteiger partial charge in [-0.05, 0) is 38.1 Å². The minimum Gasteiger partial charge on any atom is -0.326 e. The van der Waals surface area contributed by atoms with E-state index in [4.69, 9.17) is 5.26 Å². The van der Waals surface area contributed by atoms with Crippen LogP contribution in [0.1, 0.15) is 25.0 Å². The number of nitrogens with zero attached hydrogens (tertiary/aromatic N) is 3. The van der Waals surface area contributed by atoms with Crippen LogP contribution in [0.3, 0.4) is 0 Å². The summed E-state index contributed by atoms with van der Waals surface area (Å²) in [5.74, 6) is -0.448. The van der Waals surface area contributed by atoms with Gasteiger partial charge in [-0.15, -0.1) is 0 Å². The summed E-state index contributed by atoms with van der Waals surface area (Å²) in [7, 11) is 0. The number of aromatic nitrogens is 2. The molecule has 1 amide bonds. The van der Waals surface area contributed by atoms with Crippen molar-refractivity contribution in [2.75, 3.05) is 5.32 Å². The van der Waals surface area contributed by atoms with E-state index in [-0.39, 0.29) is 12.2 Å². The number of nitriles is 1. The number of nitrogens with one attached hydrogen (secondary N) is 1. The number of anilines is 1. The zero-order valence-electron chi connectivity index (χ0n) is 13.1. The van der Waals surface area contributed by atoms with Gasteiger partial charge in [0.2, 0.25) is 5.91 Å². The fraction of sp³-hybridized carbons (Fsp3) is 0.312. The number of hydrogen-bond acceptors (Lipinski definition) is 3. The molecular weight excluding hydrogens is 321 g/mol. The third kappa shape index (κ3) is 3.93. The highest BCUT2D eigenvalue weighted by Crippen LogP contribution is 2.34. The zero-order chi connectivity index (χ0) is 18.0. The number of rotatable bonds is 4. The van der Waals surface area contributed by atoms with E-state index in [1.807, 2.05) is 0 Å². The van der Waals surface area contributed by atoms with Crippen molar-refractivity contribution in [1.82, 2.24) is 9.78 Å². The first-order valence-electron chi connectivity index (χ1n) is 7.04. The van der Waals surface area contributed by atoms with E-state index in [1.54, 1.807) is 37.0 Å². The second-order valence-electron chi connectivity index (χ2n) is 5.91. The van der Waals surface area contributed by atoms with Crippen molar-refractivity contribution >= 4 is 11.6 Å². The van der Waals surface area contributed by atoms with E-state index in [2.05, 4.69) is 10.4 Å². The maximum absolute atomic E-state index is 13.0. The van der Waals surface area contributed by atoms with E-state index in [0.717, 1.165) is 12.1 Å². The van der Waals surface area contributed by atoms with Crippen molar-refractivity contribution in [3.63, 3.8) is 0 Å². The maximum Gasteiger partial charge on any atom is 0.417 e. The van der Waals surface area contributed by atoms with Crippen LogP contribution in [0.5, 0.6) is 0 Å². The summed E-state index contributed by atoms with van der Waals surface area (Å²) < 4.78 is 40.5. The fourth-order valence-electron chi connectivity index (χ4n) is 2.13. The van der Waals surface area contributed by atoms with Gasteiger partial charge in [0.05, 0.1) is 29.2 Å². The van der Waals surface area contributed by atoms with Crippen molar-refractivity contribution in [3.05, 3.63) is 47.8 Å². The first kappa shape index (κ1) is 17.5. The molecule has 0 bridgehead atoms. The molecule has 0 atom stereocenters. The molecule has 1 aromatic carbocycles. The van der Waals surface area contributed by atoms with Crippen LogP contribution >= 0.6 is 0 Å². The van der Waals surface area contributed by atoms with Crippen molar-refractivity contribution in [1.29, 1.82) is 5.26 Å². The molecule has 0 aliphatic rings. The molecule has 5 nitrogen and oxygen atoms in total. The fourth-order valence-corrected chi connectivity index (χ4v) is 2.13. The topological polar surface area (TPSA) is 70.7 Å². The molecule has 0 saturated heterocycles. The molecule has 1 heterocycles. The lowest BCUT2D eigenvalue weighted by Crippen LogP contribution is -2.35. The van der Waals surface area contributed by atoms with Crippen molar-refractivity contribution in [2.45, 2.75) is 26.6 Å². The van der Waals surface area contributed by atoms with Crippen LogP contribution in [-0.4, -0.2) is 15.7 Å². The highest BCUT2D eigenvalue weighted by molar-refractivity contribution is 5.94. The van der Waals surface area contributed by atoms with Crippen LogP contribution in [-0.2, 0) is 17.5 Å². The second-order valence-corrected chi connectivity index (χ2v) is 5.91. The molecule has 0 aliphatic heterocycles. The summed E-state index contributed by atoms with van der Waals surface area (Å²) in [5.41, 5.74) is -2.47. The van der Waals surface area contributed by atoms with Gasteiger partial charge in [-0.3, -0.25) is 9.48 Å². The lowest BCUT2D eigenvalue weighted by Gasteiger charge is -2.23. The molecule has 0 unspecified atom stereocenters. The number of amides is 1. The van der Waals surface area contributed by atoms with Gasteiger partial charge in [-0.25, -0.2) is 0 Å². The first-order chi connectivity index (χ1) is 11.1.